The van der Waals surface area contributed by atoms with Gasteiger partial charge in [0.05, 0.1) is 12.2 Å². The summed E-state index contributed by atoms with van der Waals surface area (Å²) in [5.74, 6) is -1.39. The van der Waals surface area contributed by atoms with Gasteiger partial charge in [-0.1, -0.05) is 12.1 Å². The van der Waals surface area contributed by atoms with Crippen LogP contribution in [-0.4, -0.2) is 44.5 Å². The van der Waals surface area contributed by atoms with Crippen molar-refractivity contribution >= 4 is 22.2 Å². The van der Waals surface area contributed by atoms with Crippen LogP contribution >= 0.6 is 0 Å². The van der Waals surface area contributed by atoms with E-state index in [1.165, 1.54) is 12.1 Å². The molecule has 8 nitrogen and oxygen atoms in total. The lowest BCUT2D eigenvalue weighted by Crippen LogP contribution is -2.38. The Kier molecular flexibility index (Phi) is 7.47. The Morgan fingerprint density at radius 1 is 1.04 bits per heavy atom. The number of hydrogen-bond donors (Lipinski definition) is 1. The summed E-state index contributed by atoms with van der Waals surface area (Å²) >= 11 is 0. The first-order valence-corrected chi connectivity index (χ1v) is 10.6. The number of carbonyl (C=O) groups is 2. The van der Waals surface area contributed by atoms with E-state index >= 15 is 0 Å². The zero-order chi connectivity index (χ0) is 21.8. The number of ether oxygens (including phenoxy) is 2. The van der Waals surface area contributed by atoms with Crippen LogP contribution in [0.1, 0.15) is 53.0 Å². The fourth-order valence-electron chi connectivity index (χ4n) is 2.17. The highest BCUT2D eigenvalue weighted by Gasteiger charge is 2.28. The van der Waals surface area contributed by atoms with Gasteiger partial charge in [-0.15, -0.1) is 0 Å². The molecule has 0 radical (unpaired) electrons. The molecule has 1 unspecified atom stereocenters. The molecule has 28 heavy (non-hydrogen) atoms. The summed E-state index contributed by atoms with van der Waals surface area (Å²) in [6, 6.07) is 6.06. The lowest BCUT2D eigenvalue weighted by molar-refractivity contribution is -0.156. The van der Waals surface area contributed by atoms with E-state index in [0.717, 1.165) is 6.26 Å². The molecule has 0 bridgehead atoms. The Morgan fingerprint density at radius 3 is 2.11 bits per heavy atom. The van der Waals surface area contributed by atoms with E-state index in [2.05, 4.69) is 5.32 Å². The number of alkyl carbamates (subject to hydrolysis) is 1. The predicted molar refractivity (Wildman–Crippen MR) is 105 cm³/mol. The van der Waals surface area contributed by atoms with Crippen LogP contribution in [0, 0.1) is 0 Å². The van der Waals surface area contributed by atoms with Crippen molar-refractivity contribution < 1.29 is 31.7 Å². The van der Waals surface area contributed by atoms with E-state index in [1.54, 1.807) is 53.7 Å². The van der Waals surface area contributed by atoms with Gasteiger partial charge >= 0.3 is 22.2 Å². The Bertz CT molecular complexity index is 804. The summed E-state index contributed by atoms with van der Waals surface area (Å²) < 4.78 is 38.2. The van der Waals surface area contributed by atoms with Gasteiger partial charge in [0.2, 0.25) is 0 Å². The Hall–Kier alpha value is -2.29. The highest BCUT2D eigenvalue weighted by Crippen LogP contribution is 2.25. The second-order valence-electron chi connectivity index (χ2n) is 8.33. The minimum absolute atomic E-state index is 0.0610. The molecule has 1 aromatic carbocycles. The highest BCUT2D eigenvalue weighted by atomic mass is 32.2. The van der Waals surface area contributed by atoms with Crippen molar-refractivity contribution in [3.8, 4) is 5.75 Å². The molecule has 0 saturated carbocycles. The molecule has 158 valence electrons. The number of esters is 1. The van der Waals surface area contributed by atoms with Crippen LogP contribution in [0.4, 0.5) is 4.79 Å². The average Bonchev–Trinajstić information content (AvgIpc) is 2.42. The van der Waals surface area contributed by atoms with Crippen molar-refractivity contribution in [3.63, 3.8) is 0 Å². The quantitative estimate of drug-likeness (QED) is 0.562. The topological polar surface area (TPSA) is 108 Å². The van der Waals surface area contributed by atoms with Crippen molar-refractivity contribution in [3.05, 3.63) is 29.8 Å². The summed E-state index contributed by atoms with van der Waals surface area (Å²) in [7, 11) is -3.72. The second-order valence-corrected chi connectivity index (χ2v) is 9.90. The average molecular weight is 416 g/mol. The number of amides is 1. The van der Waals surface area contributed by atoms with E-state index < -0.39 is 39.3 Å². The van der Waals surface area contributed by atoms with Gasteiger partial charge in [-0.2, -0.15) is 8.42 Å². The summed E-state index contributed by atoms with van der Waals surface area (Å²) in [6.07, 6.45) is 0.249. The van der Waals surface area contributed by atoms with Crippen molar-refractivity contribution in [1.29, 1.82) is 0 Å². The third kappa shape index (κ3) is 9.59. The molecule has 0 aliphatic carbocycles. The number of benzene rings is 1. The van der Waals surface area contributed by atoms with Crippen molar-refractivity contribution in [2.24, 2.45) is 0 Å². The van der Waals surface area contributed by atoms with E-state index in [9.17, 15) is 18.0 Å². The lowest BCUT2D eigenvalue weighted by atomic mass is 9.98. The molecule has 1 rings (SSSR count). The largest absolute Gasteiger partial charge is 0.459 e. The molecule has 1 aromatic rings. The minimum Gasteiger partial charge on any atom is -0.459 e. The zero-order valence-electron chi connectivity index (χ0n) is 17.4. The number of nitrogens with one attached hydrogen (secondary N) is 1. The molecule has 9 heteroatoms. The van der Waals surface area contributed by atoms with E-state index in [-0.39, 0.29) is 12.3 Å². The molecule has 0 heterocycles. The molecule has 0 fully saturated rings. The van der Waals surface area contributed by atoms with Gasteiger partial charge in [0.15, 0.2) is 0 Å². The van der Waals surface area contributed by atoms with Crippen molar-refractivity contribution in [2.45, 2.75) is 58.7 Å². The lowest BCUT2D eigenvalue weighted by Gasteiger charge is -2.25. The van der Waals surface area contributed by atoms with Crippen LogP contribution in [0.15, 0.2) is 24.3 Å². The van der Waals surface area contributed by atoms with Gasteiger partial charge in [0, 0.05) is 6.54 Å². The van der Waals surface area contributed by atoms with Crippen LogP contribution in [0.25, 0.3) is 0 Å². The van der Waals surface area contributed by atoms with E-state index in [4.69, 9.17) is 13.7 Å². The van der Waals surface area contributed by atoms with Gasteiger partial charge in [-0.3, -0.25) is 4.79 Å². The highest BCUT2D eigenvalue weighted by molar-refractivity contribution is 7.86. The summed E-state index contributed by atoms with van der Waals surface area (Å²) in [4.78, 5) is 24.6. The molecular formula is C19H29NO7S. The third-order valence-electron chi connectivity index (χ3n) is 3.05. The van der Waals surface area contributed by atoms with Gasteiger partial charge < -0.3 is 19.0 Å². The Balaban J connectivity index is 3.09. The third-order valence-corrected chi connectivity index (χ3v) is 3.54. The van der Waals surface area contributed by atoms with E-state index in [0.29, 0.717) is 5.56 Å². The normalized spacial score (nSPS) is 13.4. The monoisotopic (exact) mass is 415 g/mol. The predicted octanol–water partition coefficient (Wildman–Crippen LogP) is 2.98. The molecule has 1 atom stereocenters. The maximum Gasteiger partial charge on any atom is 0.407 e. The minimum atomic E-state index is -3.72. The maximum atomic E-state index is 12.7. The molecule has 0 aliphatic heterocycles. The SMILES string of the molecule is CC(C)(C)OC(=O)NCC(C(=O)OC(C)(C)C)c1cccc(OS(C)(=O)=O)c1. The maximum absolute atomic E-state index is 12.7. The van der Waals surface area contributed by atoms with Crippen LogP contribution < -0.4 is 9.50 Å². The molecule has 1 N–H and O–H groups in total. The van der Waals surface area contributed by atoms with E-state index in [1.807, 2.05) is 0 Å². The summed E-state index contributed by atoms with van der Waals surface area (Å²) in [5.41, 5.74) is -0.983. The van der Waals surface area contributed by atoms with Crippen LogP contribution in [0.5, 0.6) is 5.75 Å². The van der Waals surface area contributed by atoms with Crippen LogP contribution in [0.2, 0.25) is 0 Å². The molecule has 0 aliphatic rings. The molecule has 0 saturated heterocycles. The van der Waals surface area contributed by atoms with Crippen LogP contribution in [0.3, 0.4) is 0 Å². The van der Waals surface area contributed by atoms with Crippen molar-refractivity contribution in [1.82, 2.24) is 5.32 Å². The smallest absolute Gasteiger partial charge is 0.407 e. The first kappa shape index (κ1) is 23.7. The molecular weight excluding hydrogens is 386 g/mol. The van der Waals surface area contributed by atoms with Crippen molar-refractivity contribution in [2.75, 3.05) is 12.8 Å². The van der Waals surface area contributed by atoms with Gasteiger partial charge in [-0.05, 0) is 59.2 Å². The zero-order valence-corrected chi connectivity index (χ0v) is 18.2. The summed E-state index contributed by atoms with van der Waals surface area (Å²) in [6.45, 7) is 10.3. The summed E-state index contributed by atoms with van der Waals surface area (Å²) in [5, 5.41) is 2.55. The molecule has 1 amide bonds. The number of rotatable bonds is 6. The Labute approximate surface area is 166 Å². The van der Waals surface area contributed by atoms with Crippen LogP contribution in [-0.2, 0) is 24.4 Å². The number of carbonyl (C=O) groups excluding carboxylic acids is 2. The first-order valence-electron chi connectivity index (χ1n) is 8.75. The molecule has 0 spiro atoms. The van der Waals surface area contributed by atoms with Gasteiger partial charge in [0.25, 0.3) is 0 Å². The Morgan fingerprint density at radius 2 is 1.61 bits per heavy atom. The fraction of sp³-hybridized carbons (Fsp3) is 0.579. The van der Waals surface area contributed by atoms with Gasteiger partial charge in [-0.25, -0.2) is 4.79 Å². The number of hydrogen-bond acceptors (Lipinski definition) is 7. The first-order chi connectivity index (χ1) is 12.6. The standard InChI is InChI=1S/C19H29NO7S/c1-18(2,3)25-16(21)15(12-20-17(22)26-19(4,5)6)13-9-8-10-14(11-13)27-28(7,23)24/h8-11,15H,12H2,1-7H3,(H,20,22). The van der Waals surface area contributed by atoms with Gasteiger partial charge in [0.1, 0.15) is 17.0 Å². The fourth-order valence-corrected chi connectivity index (χ4v) is 2.62. The second kappa shape index (κ2) is 8.81. The molecule has 0 aromatic heterocycles.